The second-order valence-corrected chi connectivity index (χ2v) is 9.65. The van der Waals surface area contributed by atoms with E-state index >= 15 is 0 Å². The van der Waals surface area contributed by atoms with E-state index in [1.807, 2.05) is 24.3 Å². The van der Waals surface area contributed by atoms with Crippen LogP contribution < -0.4 is 10.6 Å². The molecule has 3 aliphatic rings. The highest BCUT2D eigenvalue weighted by molar-refractivity contribution is 5.79. The molecule has 1 aliphatic heterocycles. The SMILES string of the molecule is O=C(CC(NC(=O)OCC1c2ccccc2-c2ccccc21)C1CC1)NCC1CC(C(=O)O)CO1. The number of ether oxygens (including phenoxy) is 2. The minimum atomic E-state index is -0.875. The van der Waals surface area contributed by atoms with E-state index in [9.17, 15) is 14.4 Å². The van der Waals surface area contributed by atoms with E-state index in [1.165, 1.54) is 11.1 Å². The lowest BCUT2D eigenvalue weighted by atomic mass is 9.98. The summed E-state index contributed by atoms with van der Waals surface area (Å²) in [7, 11) is 0. The Hall–Kier alpha value is -3.39. The van der Waals surface area contributed by atoms with Gasteiger partial charge in [0, 0.05) is 24.9 Å². The molecule has 0 radical (unpaired) electrons. The smallest absolute Gasteiger partial charge is 0.407 e. The second kappa shape index (κ2) is 10.1. The van der Waals surface area contributed by atoms with Crippen molar-refractivity contribution in [2.24, 2.45) is 11.8 Å². The summed E-state index contributed by atoms with van der Waals surface area (Å²) in [6.45, 7) is 0.669. The normalized spacial score (nSPS) is 21.6. The van der Waals surface area contributed by atoms with Gasteiger partial charge >= 0.3 is 12.1 Å². The van der Waals surface area contributed by atoms with E-state index in [4.69, 9.17) is 14.6 Å². The highest BCUT2D eigenvalue weighted by Crippen LogP contribution is 2.44. The summed E-state index contributed by atoms with van der Waals surface area (Å²) < 4.78 is 11.1. The summed E-state index contributed by atoms with van der Waals surface area (Å²) in [5, 5.41) is 14.8. The molecule has 2 aromatic rings. The molecule has 1 saturated heterocycles. The predicted octanol–water partition coefficient (Wildman–Crippen LogP) is 3.30. The molecule has 3 N–H and O–H groups in total. The largest absolute Gasteiger partial charge is 0.481 e. The molecule has 35 heavy (non-hydrogen) atoms. The van der Waals surface area contributed by atoms with Gasteiger partial charge in [-0.05, 0) is 47.4 Å². The number of nitrogens with one attached hydrogen (secondary N) is 2. The molecule has 2 aromatic carbocycles. The second-order valence-electron chi connectivity index (χ2n) is 9.65. The summed E-state index contributed by atoms with van der Waals surface area (Å²) in [6, 6.07) is 16.1. The lowest BCUT2D eigenvalue weighted by molar-refractivity contribution is -0.141. The Labute approximate surface area is 204 Å². The molecule has 3 atom stereocenters. The Bertz CT molecular complexity index is 1070. The van der Waals surface area contributed by atoms with Crippen molar-refractivity contribution in [3.8, 4) is 11.1 Å². The molecule has 1 saturated carbocycles. The Morgan fingerprint density at radius 1 is 1.03 bits per heavy atom. The lowest BCUT2D eigenvalue weighted by Gasteiger charge is -2.20. The predicted molar refractivity (Wildman–Crippen MR) is 128 cm³/mol. The number of amides is 2. The lowest BCUT2D eigenvalue weighted by Crippen LogP contribution is -2.42. The monoisotopic (exact) mass is 478 g/mol. The van der Waals surface area contributed by atoms with Gasteiger partial charge in [0.1, 0.15) is 6.61 Å². The molecule has 184 valence electrons. The van der Waals surface area contributed by atoms with Crippen LogP contribution in [0.5, 0.6) is 0 Å². The van der Waals surface area contributed by atoms with Crippen molar-refractivity contribution in [1.82, 2.24) is 10.6 Å². The van der Waals surface area contributed by atoms with E-state index in [-0.39, 0.29) is 56.1 Å². The zero-order valence-electron chi connectivity index (χ0n) is 19.4. The number of rotatable bonds is 9. The first-order valence-corrected chi connectivity index (χ1v) is 12.2. The number of hydrogen-bond donors (Lipinski definition) is 3. The van der Waals surface area contributed by atoms with Crippen LogP contribution in [0.2, 0.25) is 0 Å². The summed E-state index contributed by atoms with van der Waals surface area (Å²) in [5.74, 6) is -1.34. The molecular formula is C27H30N2O6. The highest BCUT2D eigenvalue weighted by Gasteiger charge is 2.36. The van der Waals surface area contributed by atoms with E-state index < -0.39 is 18.0 Å². The molecule has 0 aromatic heterocycles. The molecule has 8 nitrogen and oxygen atoms in total. The van der Waals surface area contributed by atoms with Crippen molar-refractivity contribution < 1.29 is 29.0 Å². The number of aliphatic carboxylic acids is 1. The van der Waals surface area contributed by atoms with Gasteiger partial charge in [0.2, 0.25) is 5.91 Å². The Balaban J connectivity index is 1.12. The molecule has 2 fully saturated rings. The fourth-order valence-corrected chi connectivity index (χ4v) is 5.15. The molecule has 2 aliphatic carbocycles. The van der Waals surface area contributed by atoms with Crippen LogP contribution in [0, 0.1) is 11.8 Å². The quantitative estimate of drug-likeness (QED) is 0.510. The highest BCUT2D eigenvalue weighted by atomic mass is 16.5. The van der Waals surface area contributed by atoms with Gasteiger partial charge < -0.3 is 25.2 Å². The number of hydrogen-bond acceptors (Lipinski definition) is 5. The summed E-state index contributed by atoms with van der Waals surface area (Å²) in [5.41, 5.74) is 4.65. The van der Waals surface area contributed by atoms with E-state index in [0.717, 1.165) is 24.0 Å². The first-order chi connectivity index (χ1) is 17.0. The topological polar surface area (TPSA) is 114 Å². The van der Waals surface area contributed by atoms with Gasteiger partial charge in [-0.2, -0.15) is 0 Å². The number of carbonyl (C=O) groups is 3. The standard InChI is InChI=1S/C27H30N2O6/c30-25(28-13-18-11-17(14-34-18)26(31)32)12-24(16-9-10-16)29-27(33)35-15-23-21-7-3-1-5-19(21)20-6-2-4-8-22(20)23/h1-8,16-18,23-24H,9-15H2,(H,28,30)(H,29,33)(H,31,32). The van der Waals surface area contributed by atoms with Crippen molar-refractivity contribution in [3.63, 3.8) is 0 Å². The molecule has 1 heterocycles. The molecule has 2 amide bonds. The number of fused-ring (bicyclic) bond motifs is 3. The van der Waals surface area contributed by atoms with Crippen LogP contribution in [0.25, 0.3) is 11.1 Å². The Morgan fingerprint density at radius 2 is 1.69 bits per heavy atom. The van der Waals surface area contributed by atoms with Crippen molar-refractivity contribution >= 4 is 18.0 Å². The number of benzene rings is 2. The van der Waals surface area contributed by atoms with Crippen LogP contribution in [0.4, 0.5) is 4.79 Å². The average Bonchev–Trinajstić information content (AvgIpc) is 3.51. The molecule has 0 spiro atoms. The van der Waals surface area contributed by atoms with Crippen molar-refractivity contribution in [1.29, 1.82) is 0 Å². The third-order valence-electron chi connectivity index (χ3n) is 7.20. The summed E-state index contributed by atoms with van der Waals surface area (Å²) >= 11 is 0. The molecule has 3 unspecified atom stereocenters. The number of carboxylic acid groups (broad SMARTS) is 1. The minimum absolute atomic E-state index is 0.0168. The number of alkyl carbamates (subject to hydrolysis) is 1. The number of carboxylic acids is 1. The fourth-order valence-electron chi connectivity index (χ4n) is 5.15. The summed E-state index contributed by atoms with van der Waals surface area (Å²) in [4.78, 5) is 36.2. The van der Waals surface area contributed by atoms with Gasteiger partial charge in [-0.25, -0.2) is 4.79 Å². The third kappa shape index (κ3) is 5.32. The van der Waals surface area contributed by atoms with Crippen LogP contribution in [-0.2, 0) is 19.1 Å². The molecule has 8 heteroatoms. The van der Waals surface area contributed by atoms with E-state index in [1.54, 1.807) is 0 Å². The van der Waals surface area contributed by atoms with Crippen molar-refractivity contribution in [2.75, 3.05) is 19.8 Å². The third-order valence-corrected chi connectivity index (χ3v) is 7.20. The van der Waals surface area contributed by atoms with Gasteiger partial charge in [0.05, 0.1) is 18.6 Å². The van der Waals surface area contributed by atoms with Crippen LogP contribution in [0.1, 0.15) is 42.7 Å². The zero-order valence-corrected chi connectivity index (χ0v) is 19.4. The molecule has 0 bridgehead atoms. The van der Waals surface area contributed by atoms with E-state index in [2.05, 4.69) is 34.9 Å². The minimum Gasteiger partial charge on any atom is -0.481 e. The van der Waals surface area contributed by atoms with Gasteiger partial charge in [0.25, 0.3) is 0 Å². The van der Waals surface area contributed by atoms with Gasteiger partial charge in [-0.3, -0.25) is 9.59 Å². The van der Waals surface area contributed by atoms with Crippen LogP contribution in [0.3, 0.4) is 0 Å². The van der Waals surface area contributed by atoms with Crippen LogP contribution in [0.15, 0.2) is 48.5 Å². The maximum atomic E-state index is 12.7. The average molecular weight is 479 g/mol. The van der Waals surface area contributed by atoms with Gasteiger partial charge in [0.15, 0.2) is 0 Å². The first-order valence-electron chi connectivity index (χ1n) is 12.2. The number of carbonyl (C=O) groups excluding carboxylic acids is 2. The molecular weight excluding hydrogens is 448 g/mol. The van der Waals surface area contributed by atoms with Crippen molar-refractivity contribution in [2.45, 2.75) is 43.7 Å². The first kappa shape index (κ1) is 23.4. The summed E-state index contributed by atoms with van der Waals surface area (Å²) in [6.07, 6.45) is 1.67. The fraction of sp³-hybridized carbons (Fsp3) is 0.444. The van der Waals surface area contributed by atoms with E-state index in [0.29, 0.717) is 6.42 Å². The van der Waals surface area contributed by atoms with Gasteiger partial charge in [-0.1, -0.05) is 48.5 Å². The van der Waals surface area contributed by atoms with Crippen LogP contribution in [-0.4, -0.2) is 55.0 Å². The van der Waals surface area contributed by atoms with Crippen LogP contribution >= 0.6 is 0 Å². The van der Waals surface area contributed by atoms with Crippen molar-refractivity contribution in [3.05, 3.63) is 59.7 Å². The Kier molecular flexibility index (Phi) is 6.72. The Morgan fingerprint density at radius 3 is 2.29 bits per heavy atom. The van der Waals surface area contributed by atoms with Gasteiger partial charge in [-0.15, -0.1) is 0 Å². The zero-order chi connectivity index (χ0) is 24.4. The maximum Gasteiger partial charge on any atom is 0.407 e. The maximum absolute atomic E-state index is 12.7. The molecule has 5 rings (SSSR count).